The molecule has 2 rings (SSSR count). The maximum atomic E-state index is 13.8. The Morgan fingerprint density at radius 1 is 1.33 bits per heavy atom. The average Bonchev–Trinajstić information content (AvgIpc) is 2.82. The first-order chi connectivity index (χ1) is 8.61. The van der Waals surface area contributed by atoms with Gasteiger partial charge in [-0.1, -0.05) is 26.8 Å². The van der Waals surface area contributed by atoms with Crippen LogP contribution >= 0.6 is 0 Å². The van der Waals surface area contributed by atoms with Gasteiger partial charge in [0.15, 0.2) is 0 Å². The summed E-state index contributed by atoms with van der Waals surface area (Å²) in [5.41, 5.74) is 2.35. The van der Waals surface area contributed by atoms with Gasteiger partial charge in [-0.2, -0.15) is 0 Å². The fraction of sp³-hybridized carbons (Fsp3) is 0.625. The molecule has 1 nitrogen and oxygen atoms in total. The van der Waals surface area contributed by atoms with Crippen molar-refractivity contribution in [1.82, 2.24) is 5.32 Å². The number of benzene rings is 1. The van der Waals surface area contributed by atoms with E-state index < -0.39 is 0 Å². The number of hydrogen-bond acceptors (Lipinski definition) is 1. The Balaban J connectivity index is 2.30. The van der Waals surface area contributed by atoms with Crippen LogP contribution in [0.5, 0.6) is 0 Å². The van der Waals surface area contributed by atoms with Gasteiger partial charge < -0.3 is 5.32 Å². The lowest BCUT2D eigenvalue weighted by Gasteiger charge is -2.21. The lowest BCUT2D eigenvalue weighted by molar-refractivity contribution is 0.481. The van der Waals surface area contributed by atoms with Crippen molar-refractivity contribution in [2.24, 2.45) is 5.92 Å². The van der Waals surface area contributed by atoms with E-state index in [0.29, 0.717) is 17.8 Å². The monoisotopic (exact) mass is 249 g/mol. The molecular formula is C16H24FN. The fourth-order valence-corrected chi connectivity index (χ4v) is 3.12. The summed E-state index contributed by atoms with van der Waals surface area (Å²) in [5, 5.41) is 3.35. The summed E-state index contributed by atoms with van der Waals surface area (Å²) in [6.45, 7) is 8.66. The van der Waals surface area contributed by atoms with Gasteiger partial charge in [-0.25, -0.2) is 4.39 Å². The maximum absolute atomic E-state index is 13.8. The van der Waals surface area contributed by atoms with Crippen LogP contribution in [0.3, 0.4) is 0 Å². The van der Waals surface area contributed by atoms with Crippen molar-refractivity contribution >= 4 is 0 Å². The summed E-state index contributed by atoms with van der Waals surface area (Å²) in [6, 6.07) is 5.67. The molecule has 1 aromatic rings. The highest BCUT2D eigenvalue weighted by Gasteiger charge is 2.20. The number of nitrogens with one attached hydrogen (secondary N) is 1. The molecule has 1 aliphatic rings. The highest BCUT2D eigenvalue weighted by atomic mass is 19.1. The lowest BCUT2D eigenvalue weighted by atomic mass is 9.84. The maximum Gasteiger partial charge on any atom is 0.123 e. The molecular weight excluding hydrogens is 225 g/mol. The fourth-order valence-electron chi connectivity index (χ4n) is 3.12. The van der Waals surface area contributed by atoms with Crippen LogP contribution in [-0.2, 0) is 0 Å². The van der Waals surface area contributed by atoms with Gasteiger partial charge >= 0.3 is 0 Å². The average molecular weight is 249 g/mol. The molecule has 2 unspecified atom stereocenters. The molecule has 1 heterocycles. The van der Waals surface area contributed by atoms with E-state index in [4.69, 9.17) is 0 Å². The third-order valence-corrected chi connectivity index (χ3v) is 4.15. The molecule has 1 N–H and O–H groups in total. The van der Waals surface area contributed by atoms with Gasteiger partial charge in [0.25, 0.3) is 0 Å². The third kappa shape index (κ3) is 2.92. The Hall–Kier alpha value is -0.890. The molecule has 0 radical (unpaired) electrons. The van der Waals surface area contributed by atoms with Crippen molar-refractivity contribution in [3.8, 4) is 0 Å². The van der Waals surface area contributed by atoms with E-state index in [-0.39, 0.29) is 5.82 Å². The molecule has 0 bridgehead atoms. The Kier molecular flexibility index (Phi) is 4.39. The van der Waals surface area contributed by atoms with E-state index in [1.165, 1.54) is 11.1 Å². The molecule has 1 aromatic carbocycles. The second kappa shape index (κ2) is 5.83. The Labute approximate surface area is 110 Å². The Bertz CT molecular complexity index is 394. The molecule has 18 heavy (non-hydrogen) atoms. The van der Waals surface area contributed by atoms with Crippen LogP contribution in [0, 0.1) is 11.7 Å². The van der Waals surface area contributed by atoms with E-state index >= 15 is 0 Å². The minimum atomic E-state index is -0.0755. The Morgan fingerprint density at radius 2 is 2.11 bits per heavy atom. The lowest BCUT2D eigenvalue weighted by Crippen LogP contribution is -2.10. The summed E-state index contributed by atoms with van der Waals surface area (Å²) < 4.78 is 13.8. The zero-order valence-electron chi connectivity index (χ0n) is 11.7. The Morgan fingerprint density at radius 3 is 2.67 bits per heavy atom. The smallest absolute Gasteiger partial charge is 0.123 e. The van der Waals surface area contributed by atoms with Crippen LogP contribution in [0.25, 0.3) is 0 Å². The molecule has 0 amide bonds. The summed E-state index contributed by atoms with van der Waals surface area (Å²) in [6.07, 6.45) is 2.20. The van der Waals surface area contributed by atoms with Gasteiger partial charge in [0.05, 0.1) is 0 Å². The summed E-state index contributed by atoms with van der Waals surface area (Å²) in [5.74, 6) is 1.44. The predicted molar refractivity (Wildman–Crippen MR) is 74.5 cm³/mol. The molecule has 1 aliphatic heterocycles. The van der Waals surface area contributed by atoms with Crippen LogP contribution < -0.4 is 5.32 Å². The normalized spacial score (nSPS) is 21.5. The summed E-state index contributed by atoms with van der Waals surface area (Å²) in [7, 11) is 0. The van der Waals surface area contributed by atoms with Crippen molar-refractivity contribution in [2.45, 2.75) is 45.4 Å². The number of halogens is 1. The molecule has 100 valence electrons. The van der Waals surface area contributed by atoms with E-state index in [2.05, 4.69) is 32.2 Å². The van der Waals surface area contributed by atoms with Gasteiger partial charge in [-0.05, 0) is 60.4 Å². The van der Waals surface area contributed by atoms with E-state index in [1.54, 1.807) is 12.1 Å². The van der Waals surface area contributed by atoms with Gasteiger partial charge in [0.2, 0.25) is 0 Å². The van der Waals surface area contributed by atoms with Crippen molar-refractivity contribution < 1.29 is 4.39 Å². The first-order valence-electron chi connectivity index (χ1n) is 7.13. The highest BCUT2D eigenvalue weighted by molar-refractivity contribution is 5.31. The highest BCUT2D eigenvalue weighted by Crippen LogP contribution is 2.32. The molecule has 0 saturated carbocycles. The SMILES string of the molecule is CCC(c1cc(F)cc(C2CCNC2)c1)C(C)C. The molecule has 1 fully saturated rings. The largest absolute Gasteiger partial charge is 0.316 e. The van der Waals surface area contributed by atoms with Crippen LogP contribution in [0.1, 0.15) is 56.6 Å². The zero-order chi connectivity index (χ0) is 13.1. The zero-order valence-corrected chi connectivity index (χ0v) is 11.7. The van der Waals surface area contributed by atoms with E-state index in [9.17, 15) is 4.39 Å². The predicted octanol–water partition coefficient (Wildman–Crippen LogP) is 4.05. The van der Waals surface area contributed by atoms with Crippen LogP contribution in [-0.4, -0.2) is 13.1 Å². The standard InChI is InChI=1S/C16H24FN/c1-4-16(11(2)3)14-7-13(8-15(17)9-14)12-5-6-18-10-12/h7-9,11-12,16,18H,4-6,10H2,1-3H3. The van der Waals surface area contributed by atoms with Crippen LogP contribution in [0.2, 0.25) is 0 Å². The van der Waals surface area contributed by atoms with Gasteiger partial charge in [0, 0.05) is 6.54 Å². The minimum absolute atomic E-state index is 0.0755. The molecule has 1 saturated heterocycles. The van der Waals surface area contributed by atoms with E-state index in [0.717, 1.165) is 25.9 Å². The topological polar surface area (TPSA) is 12.0 Å². The number of hydrogen-bond donors (Lipinski definition) is 1. The molecule has 0 aliphatic carbocycles. The summed E-state index contributed by atoms with van der Waals surface area (Å²) >= 11 is 0. The van der Waals surface area contributed by atoms with E-state index in [1.807, 2.05) is 0 Å². The quantitative estimate of drug-likeness (QED) is 0.848. The third-order valence-electron chi connectivity index (χ3n) is 4.15. The molecule has 2 heteroatoms. The van der Waals surface area contributed by atoms with Crippen LogP contribution in [0.4, 0.5) is 4.39 Å². The van der Waals surface area contributed by atoms with Crippen LogP contribution in [0.15, 0.2) is 18.2 Å². The van der Waals surface area contributed by atoms with Crippen molar-refractivity contribution in [2.75, 3.05) is 13.1 Å². The second-order valence-corrected chi connectivity index (χ2v) is 5.77. The first-order valence-corrected chi connectivity index (χ1v) is 7.13. The second-order valence-electron chi connectivity index (χ2n) is 5.77. The first kappa shape index (κ1) is 13.5. The van der Waals surface area contributed by atoms with Crippen molar-refractivity contribution in [1.29, 1.82) is 0 Å². The minimum Gasteiger partial charge on any atom is -0.316 e. The molecule has 2 atom stereocenters. The molecule has 0 aromatic heterocycles. The molecule has 0 spiro atoms. The number of rotatable bonds is 4. The van der Waals surface area contributed by atoms with Crippen molar-refractivity contribution in [3.63, 3.8) is 0 Å². The van der Waals surface area contributed by atoms with Gasteiger partial charge in [0.1, 0.15) is 5.82 Å². The van der Waals surface area contributed by atoms with Gasteiger partial charge in [-0.3, -0.25) is 0 Å². The van der Waals surface area contributed by atoms with Crippen molar-refractivity contribution in [3.05, 3.63) is 35.1 Å². The summed E-state index contributed by atoms with van der Waals surface area (Å²) in [4.78, 5) is 0. The van der Waals surface area contributed by atoms with Gasteiger partial charge in [-0.15, -0.1) is 0 Å².